The smallest absolute Gasteiger partial charge is 0.332 e. The average Bonchev–Trinajstić information content (AvgIpc) is 2.77. The number of amides is 2. The van der Waals surface area contributed by atoms with Crippen LogP contribution in [0, 0.1) is 0 Å². The molecule has 32 heavy (non-hydrogen) atoms. The molecule has 2 N–H and O–H groups in total. The van der Waals surface area contributed by atoms with Crippen LogP contribution in [0.4, 0.5) is 27.9 Å². The molecule has 3 aromatic rings. The Labute approximate surface area is 196 Å². The zero-order chi connectivity index (χ0) is 23.1. The first kappa shape index (κ1) is 23.6. The van der Waals surface area contributed by atoms with Crippen molar-refractivity contribution >= 4 is 52.4 Å². The van der Waals surface area contributed by atoms with Gasteiger partial charge in [-0.1, -0.05) is 29.3 Å². The Morgan fingerprint density at radius 3 is 2.41 bits per heavy atom. The predicted octanol–water partition coefficient (Wildman–Crippen LogP) is 5.61. The van der Waals surface area contributed by atoms with Gasteiger partial charge in [-0.15, -0.1) is 0 Å². The maximum absolute atomic E-state index is 13.4. The first-order valence-electron chi connectivity index (χ1n) is 9.70. The number of aromatic nitrogens is 2. The zero-order valence-electron chi connectivity index (χ0n) is 17.8. The van der Waals surface area contributed by atoms with Crippen molar-refractivity contribution in [3.63, 3.8) is 0 Å². The molecule has 3 rings (SSSR count). The molecule has 1 unspecified atom stereocenters. The molecule has 0 saturated carbocycles. The highest BCUT2D eigenvalue weighted by atomic mass is 35.5. The molecule has 2 aromatic carbocycles. The van der Waals surface area contributed by atoms with Crippen molar-refractivity contribution in [3.8, 4) is 5.75 Å². The molecule has 1 atom stereocenters. The van der Waals surface area contributed by atoms with Gasteiger partial charge in [-0.05, 0) is 43.3 Å². The maximum Gasteiger partial charge on any atom is 0.332 e. The number of anilines is 4. The van der Waals surface area contributed by atoms with Crippen LogP contribution < -0.4 is 20.3 Å². The number of hydrogen-bond donors (Lipinski definition) is 2. The van der Waals surface area contributed by atoms with E-state index in [-0.39, 0.29) is 6.04 Å². The van der Waals surface area contributed by atoms with E-state index in [9.17, 15) is 4.79 Å². The molecule has 0 saturated heterocycles. The summed E-state index contributed by atoms with van der Waals surface area (Å²) in [5, 5.41) is 6.56. The molecule has 0 radical (unpaired) electrons. The minimum Gasteiger partial charge on any atom is -0.497 e. The number of rotatable bonds is 8. The van der Waals surface area contributed by atoms with Crippen LogP contribution in [0.25, 0.3) is 0 Å². The number of nitrogens with one attached hydrogen (secondary N) is 2. The van der Waals surface area contributed by atoms with Gasteiger partial charge >= 0.3 is 6.03 Å². The molecule has 1 aromatic heterocycles. The van der Waals surface area contributed by atoms with Gasteiger partial charge in [0.15, 0.2) is 0 Å². The molecule has 2 amide bonds. The van der Waals surface area contributed by atoms with E-state index in [4.69, 9.17) is 32.7 Å². The minimum absolute atomic E-state index is 0.0274. The number of benzene rings is 2. The molecular formula is C22H23Cl2N5O3. The Morgan fingerprint density at radius 2 is 1.78 bits per heavy atom. The highest BCUT2D eigenvalue weighted by molar-refractivity contribution is 6.40. The lowest BCUT2D eigenvalue weighted by atomic mass is 10.2. The summed E-state index contributed by atoms with van der Waals surface area (Å²) < 4.78 is 10.4. The van der Waals surface area contributed by atoms with Gasteiger partial charge in [-0.3, -0.25) is 0 Å². The van der Waals surface area contributed by atoms with E-state index in [0.717, 1.165) is 0 Å². The number of carbonyl (C=O) groups excluding carboxylic acids is 1. The monoisotopic (exact) mass is 475 g/mol. The van der Waals surface area contributed by atoms with Crippen molar-refractivity contribution in [2.24, 2.45) is 0 Å². The highest BCUT2D eigenvalue weighted by Crippen LogP contribution is 2.32. The third-order valence-corrected chi connectivity index (χ3v) is 5.02. The van der Waals surface area contributed by atoms with Crippen molar-refractivity contribution in [2.75, 3.05) is 36.4 Å². The summed E-state index contributed by atoms with van der Waals surface area (Å²) in [5.74, 6) is 1.36. The molecule has 0 spiro atoms. The third-order valence-electron chi connectivity index (χ3n) is 4.39. The fraction of sp³-hybridized carbons (Fsp3) is 0.227. The van der Waals surface area contributed by atoms with Gasteiger partial charge in [0.05, 0.1) is 35.1 Å². The van der Waals surface area contributed by atoms with Gasteiger partial charge in [0.2, 0.25) is 5.95 Å². The van der Waals surface area contributed by atoms with Crippen molar-refractivity contribution in [1.29, 1.82) is 0 Å². The molecular weight excluding hydrogens is 453 g/mol. The number of urea groups is 1. The fourth-order valence-corrected chi connectivity index (χ4v) is 3.41. The van der Waals surface area contributed by atoms with Crippen molar-refractivity contribution in [2.45, 2.75) is 13.0 Å². The topological polar surface area (TPSA) is 88.6 Å². The van der Waals surface area contributed by atoms with Crippen molar-refractivity contribution in [1.82, 2.24) is 9.97 Å². The summed E-state index contributed by atoms with van der Waals surface area (Å²) in [6, 6.07) is 13.1. The number of halogens is 2. The van der Waals surface area contributed by atoms with Crippen LogP contribution in [0.3, 0.4) is 0 Å². The first-order chi connectivity index (χ1) is 15.4. The summed E-state index contributed by atoms with van der Waals surface area (Å²) in [5.41, 5.74) is 0.863. The lowest BCUT2D eigenvalue weighted by Gasteiger charge is -2.24. The van der Waals surface area contributed by atoms with Gasteiger partial charge in [-0.25, -0.2) is 14.7 Å². The second kappa shape index (κ2) is 11.0. The standard InChI is InChI=1S/C22H23Cl2N5O3/c1-14(13-31-2)26-21-25-12-11-19(27-21)29(15-7-9-16(32-3)10-8-15)22(30)28-20-17(23)5-4-6-18(20)24/h4-12,14H,13H2,1-3H3,(H,28,30)(H,25,26,27). The number of ether oxygens (including phenoxy) is 2. The van der Waals surface area contributed by atoms with Gasteiger partial charge in [0, 0.05) is 25.4 Å². The molecule has 8 nitrogen and oxygen atoms in total. The van der Waals surface area contributed by atoms with Gasteiger partial charge in [0.1, 0.15) is 11.6 Å². The molecule has 0 fully saturated rings. The quantitative estimate of drug-likeness (QED) is 0.440. The molecule has 1 heterocycles. The number of hydrogen-bond acceptors (Lipinski definition) is 6. The highest BCUT2D eigenvalue weighted by Gasteiger charge is 2.22. The fourth-order valence-electron chi connectivity index (χ4n) is 2.92. The van der Waals surface area contributed by atoms with E-state index in [2.05, 4.69) is 20.6 Å². The summed E-state index contributed by atoms with van der Waals surface area (Å²) in [7, 11) is 3.19. The van der Waals surface area contributed by atoms with Crippen LogP contribution in [-0.4, -0.2) is 42.9 Å². The van der Waals surface area contributed by atoms with Gasteiger partial charge < -0.3 is 20.1 Å². The zero-order valence-corrected chi connectivity index (χ0v) is 19.3. The van der Waals surface area contributed by atoms with Crippen molar-refractivity contribution in [3.05, 3.63) is 64.8 Å². The second-order valence-corrected chi connectivity index (χ2v) is 7.61. The summed E-state index contributed by atoms with van der Waals surface area (Å²) >= 11 is 12.5. The molecule has 10 heteroatoms. The normalized spacial score (nSPS) is 11.5. The lowest BCUT2D eigenvalue weighted by Crippen LogP contribution is -2.32. The molecule has 0 aliphatic carbocycles. The van der Waals surface area contributed by atoms with E-state index in [1.807, 2.05) is 6.92 Å². The van der Waals surface area contributed by atoms with Crippen molar-refractivity contribution < 1.29 is 14.3 Å². The Hall–Kier alpha value is -3.07. The molecule has 0 aliphatic heterocycles. The summed E-state index contributed by atoms with van der Waals surface area (Å²) in [4.78, 5) is 23.5. The van der Waals surface area contributed by atoms with Crippen LogP contribution in [-0.2, 0) is 4.74 Å². The largest absolute Gasteiger partial charge is 0.497 e. The van der Waals surface area contributed by atoms with E-state index < -0.39 is 6.03 Å². The first-order valence-corrected chi connectivity index (χ1v) is 10.5. The third kappa shape index (κ3) is 5.79. The predicted molar refractivity (Wildman–Crippen MR) is 128 cm³/mol. The van der Waals surface area contributed by atoms with E-state index in [0.29, 0.717) is 45.5 Å². The van der Waals surface area contributed by atoms with Crippen LogP contribution in [0.1, 0.15) is 6.92 Å². The Kier molecular flexibility index (Phi) is 8.10. The number of para-hydroxylation sites is 1. The van der Waals surface area contributed by atoms with E-state index in [1.165, 1.54) is 4.90 Å². The SMILES string of the molecule is COCC(C)Nc1nccc(N(C(=O)Nc2c(Cl)cccc2Cl)c2ccc(OC)cc2)n1. The van der Waals surface area contributed by atoms with Gasteiger partial charge in [-0.2, -0.15) is 4.98 Å². The number of methoxy groups -OCH3 is 2. The van der Waals surface area contributed by atoms with Crippen LogP contribution in [0.15, 0.2) is 54.7 Å². The lowest BCUT2D eigenvalue weighted by molar-refractivity contribution is 0.190. The minimum atomic E-state index is -0.500. The van der Waals surface area contributed by atoms with E-state index >= 15 is 0 Å². The Balaban J connectivity index is 1.98. The number of nitrogens with zero attached hydrogens (tertiary/aromatic N) is 3. The molecule has 0 bridgehead atoms. The van der Waals surface area contributed by atoms with Crippen LogP contribution >= 0.6 is 23.2 Å². The van der Waals surface area contributed by atoms with Crippen LogP contribution in [0.5, 0.6) is 5.75 Å². The Morgan fingerprint density at radius 1 is 1.09 bits per heavy atom. The van der Waals surface area contributed by atoms with Gasteiger partial charge in [0.25, 0.3) is 0 Å². The average molecular weight is 476 g/mol. The van der Waals surface area contributed by atoms with Crippen LogP contribution in [0.2, 0.25) is 10.0 Å². The summed E-state index contributed by atoms with van der Waals surface area (Å²) in [6.45, 7) is 2.41. The second-order valence-electron chi connectivity index (χ2n) is 6.80. The number of carbonyl (C=O) groups is 1. The maximum atomic E-state index is 13.4. The summed E-state index contributed by atoms with van der Waals surface area (Å²) in [6.07, 6.45) is 1.57. The molecule has 168 valence electrons. The van der Waals surface area contributed by atoms with E-state index in [1.54, 1.807) is 68.9 Å². The molecule has 0 aliphatic rings. The Bertz CT molecular complexity index is 1050.